The predicted octanol–water partition coefficient (Wildman–Crippen LogP) is 3.41. The second-order valence-corrected chi connectivity index (χ2v) is 9.13. The highest BCUT2D eigenvalue weighted by Gasteiger charge is 2.27. The zero-order valence-corrected chi connectivity index (χ0v) is 17.5. The van der Waals surface area contributed by atoms with Crippen molar-refractivity contribution in [2.45, 2.75) is 24.3 Å². The number of halogens is 1. The number of carbonyl (C=O) groups is 1. The maximum Gasteiger partial charge on any atom is 0.253 e. The fourth-order valence-corrected chi connectivity index (χ4v) is 4.98. The van der Waals surface area contributed by atoms with Gasteiger partial charge in [0.05, 0.1) is 12.0 Å². The Morgan fingerprint density at radius 3 is 2.39 bits per heavy atom. The molecule has 0 unspecified atom stereocenters. The molecule has 1 amide bonds. The standard InChI is InChI=1S/C20H23ClN2O4S/c1-22(14-16-13-17(21)7-10-19(16)27-2)20(24)15-5-8-18(9-6-15)28(25,26)23-11-3-4-12-23/h5-10,13H,3-4,11-12,14H2,1-2H3. The van der Waals surface area contributed by atoms with Crippen LogP contribution in [-0.2, 0) is 16.6 Å². The lowest BCUT2D eigenvalue weighted by Crippen LogP contribution is -2.28. The Morgan fingerprint density at radius 2 is 1.79 bits per heavy atom. The van der Waals surface area contributed by atoms with Crippen LogP contribution in [0.3, 0.4) is 0 Å². The van der Waals surface area contributed by atoms with E-state index in [-0.39, 0.29) is 10.8 Å². The van der Waals surface area contributed by atoms with E-state index in [1.807, 2.05) is 0 Å². The monoisotopic (exact) mass is 422 g/mol. The summed E-state index contributed by atoms with van der Waals surface area (Å²) in [6, 6.07) is 11.3. The largest absolute Gasteiger partial charge is 0.496 e. The zero-order valence-electron chi connectivity index (χ0n) is 15.9. The Kier molecular flexibility index (Phi) is 6.27. The Bertz CT molecular complexity index is 955. The number of sulfonamides is 1. The van der Waals surface area contributed by atoms with E-state index >= 15 is 0 Å². The van der Waals surface area contributed by atoms with Gasteiger partial charge in [0.15, 0.2) is 0 Å². The van der Waals surface area contributed by atoms with Crippen LogP contribution in [0.1, 0.15) is 28.8 Å². The highest BCUT2D eigenvalue weighted by molar-refractivity contribution is 7.89. The van der Waals surface area contributed by atoms with Gasteiger partial charge in [0.25, 0.3) is 5.91 Å². The highest BCUT2D eigenvalue weighted by Crippen LogP contribution is 2.25. The van der Waals surface area contributed by atoms with Crippen LogP contribution < -0.4 is 4.74 Å². The van der Waals surface area contributed by atoms with Gasteiger partial charge in [-0.15, -0.1) is 0 Å². The molecular weight excluding hydrogens is 400 g/mol. The molecule has 0 aliphatic carbocycles. The van der Waals surface area contributed by atoms with E-state index in [1.165, 1.54) is 21.3 Å². The van der Waals surface area contributed by atoms with Gasteiger partial charge in [-0.2, -0.15) is 4.31 Å². The number of benzene rings is 2. The Morgan fingerprint density at radius 1 is 1.14 bits per heavy atom. The SMILES string of the molecule is COc1ccc(Cl)cc1CN(C)C(=O)c1ccc(S(=O)(=O)N2CCCC2)cc1. The van der Waals surface area contributed by atoms with Crippen LogP contribution in [0.5, 0.6) is 5.75 Å². The number of amides is 1. The maximum absolute atomic E-state index is 12.7. The van der Waals surface area contributed by atoms with Crippen LogP contribution in [0.2, 0.25) is 5.02 Å². The molecule has 0 N–H and O–H groups in total. The molecule has 0 spiro atoms. The first kappa shape index (κ1) is 20.6. The average molecular weight is 423 g/mol. The minimum atomic E-state index is -3.49. The van der Waals surface area contributed by atoms with Crippen LogP contribution in [0, 0.1) is 0 Å². The van der Waals surface area contributed by atoms with Crippen LogP contribution in [0.4, 0.5) is 0 Å². The highest BCUT2D eigenvalue weighted by atomic mass is 35.5. The van der Waals surface area contributed by atoms with Gasteiger partial charge in [-0.1, -0.05) is 11.6 Å². The summed E-state index contributed by atoms with van der Waals surface area (Å²) in [5, 5.41) is 0.563. The van der Waals surface area contributed by atoms with Gasteiger partial charge in [-0.3, -0.25) is 4.79 Å². The molecule has 1 aliphatic heterocycles. The Balaban J connectivity index is 1.75. The number of hydrogen-bond donors (Lipinski definition) is 0. The molecule has 28 heavy (non-hydrogen) atoms. The Hall–Kier alpha value is -2.09. The molecule has 6 nitrogen and oxygen atoms in total. The van der Waals surface area contributed by atoms with Crippen molar-refractivity contribution in [1.82, 2.24) is 9.21 Å². The van der Waals surface area contributed by atoms with Crippen LogP contribution in [0.15, 0.2) is 47.4 Å². The molecule has 150 valence electrons. The topological polar surface area (TPSA) is 66.9 Å². The number of rotatable bonds is 6. The molecule has 8 heteroatoms. The van der Waals surface area contributed by atoms with Crippen molar-refractivity contribution in [2.24, 2.45) is 0 Å². The fourth-order valence-electron chi connectivity index (χ4n) is 3.27. The van der Waals surface area contributed by atoms with Gasteiger partial charge >= 0.3 is 0 Å². The molecule has 1 saturated heterocycles. The predicted molar refractivity (Wildman–Crippen MR) is 108 cm³/mol. The van der Waals surface area contributed by atoms with Gasteiger partial charge in [0, 0.05) is 42.8 Å². The zero-order chi connectivity index (χ0) is 20.3. The van der Waals surface area contributed by atoms with Crippen LogP contribution >= 0.6 is 11.6 Å². The first-order chi connectivity index (χ1) is 13.3. The quantitative estimate of drug-likeness (QED) is 0.715. The third-order valence-electron chi connectivity index (χ3n) is 4.80. The average Bonchev–Trinajstić information content (AvgIpc) is 3.23. The van der Waals surface area contributed by atoms with E-state index in [0.29, 0.717) is 36.0 Å². The summed E-state index contributed by atoms with van der Waals surface area (Å²) in [4.78, 5) is 14.5. The van der Waals surface area contributed by atoms with Crippen molar-refractivity contribution in [2.75, 3.05) is 27.2 Å². The van der Waals surface area contributed by atoms with E-state index < -0.39 is 10.0 Å². The second kappa shape index (κ2) is 8.51. The van der Waals surface area contributed by atoms with Crippen molar-refractivity contribution in [3.8, 4) is 5.75 Å². The van der Waals surface area contributed by atoms with Crippen molar-refractivity contribution in [1.29, 1.82) is 0 Å². The molecule has 2 aromatic carbocycles. The van der Waals surface area contributed by atoms with Crippen molar-refractivity contribution in [3.63, 3.8) is 0 Å². The van der Waals surface area contributed by atoms with Gasteiger partial charge in [0.1, 0.15) is 5.75 Å². The van der Waals surface area contributed by atoms with Gasteiger partial charge in [-0.25, -0.2) is 8.42 Å². The van der Waals surface area contributed by atoms with Gasteiger partial charge in [0.2, 0.25) is 10.0 Å². The summed E-state index contributed by atoms with van der Waals surface area (Å²) in [5.74, 6) is 0.434. The minimum Gasteiger partial charge on any atom is -0.496 e. The fraction of sp³-hybridized carbons (Fsp3) is 0.350. The van der Waals surface area contributed by atoms with Gasteiger partial charge < -0.3 is 9.64 Å². The lowest BCUT2D eigenvalue weighted by atomic mass is 10.1. The first-order valence-corrected chi connectivity index (χ1v) is 10.8. The third kappa shape index (κ3) is 4.32. The number of methoxy groups -OCH3 is 1. The summed E-state index contributed by atoms with van der Waals surface area (Å²) in [6.07, 6.45) is 1.76. The summed E-state index contributed by atoms with van der Waals surface area (Å²) < 4.78 is 32.0. The number of nitrogens with zero attached hydrogens (tertiary/aromatic N) is 2. The molecule has 3 rings (SSSR count). The lowest BCUT2D eigenvalue weighted by molar-refractivity contribution is 0.0784. The van der Waals surface area contributed by atoms with Gasteiger partial charge in [-0.05, 0) is 55.3 Å². The summed E-state index contributed by atoms with van der Waals surface area (Å²) in [5.41, 5.74) is 1.21. The summed E-state index contributed by atoms with van der Waals surface area (Å²) in [6.45, 7) is 1.41. The van der Waals surface area contributed by atoms with Crippen molar-refractivity contribution < 1.29 is 17.9 Å². The molecule has 0 radical (unpaired) electrons. The smallest absolute Gasteiger partial charge is 0.253 e. The van der Waals surface area contributed by atoms with E-state index in [4.69, 9.17) is 16.3 Å². The van der Waals surface area contributed by atoms with Crippen molar-refractivity contribution in [3.05, 3.63) is 58.6 Å². The normalized spacial score (nSPS) is 14.8. The molecule has 1 fully saturated rings. The van der Waals surface area contributed by atoms with E-state index in [1.54, 1.807) is 44.5 Å². The molecule has 1 aliphatic rings. The summed E-state index contributed by atoms with van der Waals surface area (Å²) >= 11 is 6.05. The van der Waals surface area contributed by atoms with Crippen LogP contribution in [0.25, 0.3) is 0 Å². The molecule has 0 saturated carbocycles. The molecule has 1 heterocycles. The van der Waals surface area contributed by atoms with Crippen molar-refractivity contribution >= 4 is 27.5 Å². The first-order valence-electron chi connectivity index (χ1n) is 9.01. The second-order valence-electron chi connectivity index (χ2n) is 6.75. The third-order valence-corrected chi connectivity index (χ3v) is 6.95. The Labute approximate surface area is 170 Å². The molecular formula is C20H23ClN2O4S. The molecule has 0 aromatic heterocycles. The number of ether oxygens (including phenoxy) is 1. The maximum atomic E-state index is 12.7. The lowest BCUT2D eigenvalue weighted by Gasteiger charge is -2.20. The molecule has 0 atom stereocenters. The van der Waals surface area contributed by atoms with E-state index in [2.05, 4.69) is 0 Å². The minimum absolute atomic E-state index is 0.213. The van der Waals surface area contributed by atoms with E-state index in [9.17, 15) is 13.2 Å². The molecule has 0 bridgehead atoms. The molecule has 2 aromatic rings. The number of carbonyl (C=O) groups excluding carboxylic acids is 1. The van der Waals surface area contributed by atoms with E-state index in [0.717, 1.165) is 18.4 Å². The summed E-state index contributed by atoms with van der Waals surface area (Å²) in [7, 11) is -0.245. The van der Waals surface area contributed by atoms with Crippen LogP contribution in [-0.4, -0.2) is 50.8 Å². The number of hydrogen-bond acceptors (Lipinski definition) is 4.